The van der Waals surface area contributed by atoms with Gasteiger partial charge >= 0.3 is 82.5 Å². The molecule has 32 heteroatoms. The molecule has 24 nitrogen and oxygen atoms in total. The maximum atomic E-state index is 8.88. The van der Waals surface area contributed by atoms with E-state index in [2.05, 4.69) is 0 Å². The summed E-state index contributed by atoms with van der Waals surface area (Å²) in [6.07, 6.45) is 0. The molecular weight excluding hydrogens is 801 g/mol. The average molecular weight is 813 g/mol. The summed E-state index contributed by atoms with van der Waals surface area (Å²) in [7, 11) is -29.3. The smallest absolute Gasteiger partial charge is 0.822 e. The number of hydrogen-bond acceptors (Lipinski definition) is 12. The first-order valence-corrected chi connectivity index (χ1v) is 13.8. The molecule has 0 aliphatic heterocycles. The molecule has 0 amide bonds. The van der Waals surface area contributed by atoms with Gasteiger partial charge in [-0.3, -0.25) is 0 Å². The maximum Gasteiger partial charge on any atom is 4.00 e. The summed E-state index contributed by atoms with van der Waals surface area (Å²) in [4.78, 5) is 138. The van der Waals surface area contributed by atoms with E-state index in [0.29, 0.717) is 0 Å². The fourth-order valence-corrected chi connectivity index (χ4v) is 0. The molecule has 0 radical (unpaired) electrons. The third kappa shape index (κ3) is 5630. The van der Waals surface area contributed by atoms with Crippen molar-refractivity contribution in [3.05, 3.63) is 0 Å². The summed E-state index contributed by atoms with van der Waals surface area (Å²) < 4.78 is 52.6. The second kappa shape index (κ2) is 23.8. The molecule has 192 valence electrons. The molecule has 0 bridgehead atoms. The molecule has 32 heavy (non-hydrogen) atoms. The van der Waals surface area contributed by atoms with Crippen LogP contribution in [0.2, 0.25) is 0 Å². The van der Waals surface area contributed by atoms with Gasteiger partial charge in [-0.05, 0) is 0 Å². The van der Waals surface area contributed by atoms with Crippen molar-refractivity contribution in [2.75, 3.05) is 0 Å². The van der Waals surface area contributed by atoms with Crippen LogP contribution in [0, 0.1) is 0 Å². The van der Waals surface area contributed by atoms with E-state index < -0.39 is 46.9 Å². The quantitative estimate of drug-likeness (QED) is 0.0798. The van der Waals surface area contributed by atoms with E-state index in [1.54, 1.807) is 0 Å². The van der Waals surface area contributed by atoms with Crippen LogP contribution in [0.15, 0.2) is 0 Å². The van der Waals surface area contributed by atoms with Crippen molar-refractivity contribution in [1.82, 2.24) is 0 Å². The van der Waals surface area contributed by atoms with Gasteiger partial charge in [0.05, 0.1) is 0 Å². The Labute approximate surface area is 212 Å². The molecule has 0 heterocycles. The van der Waals surface area contributed by atoms with Crippen LogP contribution in [0.1, 0.15) is 0 Å². The van der Waals surface area contributed by atoms with Crippen molar-refractivity contribution in [3.8, 4) is 0 Å². The van der Waals surface area contributed by atoms with Crippen LogP contribution in [0.25, 0.3) is 0 Å². The Morgan fingerprint density at radius 1 is 0.344 bits per heavy atom. The molecule has 12 N–H and O–H groups in total. The van der Waals surface area contributed by atoms with Gasteiger partial charge in [0, 0.05) is 0 Å². The molecule has 0 aliphatic carbocycles. The summed E-state index contributed by atoms with van der Waals surface area (Å²) >= 11 is 0. The van der Waals surface area contributed by atoms with Gasteiger partial charge in [0.25, 0.3) is 0 Å². The first-order chi connectivity index (χ1) is 12.0. The van der Waals surface area contributed by atoms with E-state index in [1.807, 2.05) is 0 Å². The Morgan fingerprint density at radius 2 is 0.344 bits per heavy atom. The minimum absolute atomic E-state index is 0. The van der Waals surface area contributed by atoms with Gasteiger partial charge in [-0.1, -0.05) is 0 Å². The van der Waals surface area contributed by atoms with Crippen LogP contribution in [-0.4, -0.2) is 82.6 Å². The Bertz CT molecular complexity index is 467. The van der Waals surface area contributed by atoms with Crippen molar-refractivity contribution in [1.29, 1.82) is 0 Å². The number of hydrogen-bond donors (Lipinski definition) is 12. The molecule has 0 aliphatic rings. The molecule has 0 unspecified atom stereocenters. The Kier molecular flexibility index (Phi) is 40.9. The van der Waals surface area contributed by atoms with E-state index in [-0.39, 0.29) is 51.2 Å². The summed E-state index contributed by atoms with van der Waals surface area (Å²) in [5.41, 5.74) is 0. The average Bonchev–Trinajstić information content (AvgIpc) is 1.94. The van der Waals surface area contributed by atoms with Crippen LogP contribution in [0.4, 0.5) is 0 Å². The number of rotatable bonds is 0. The van der Waals surface area contributed by atoms with Gasteiger partial charge in [0.1, 0.15) is 0 Å². The number of phosphoric acid groups is 6. The van der Waals surface area contributed by atoms with Gasteiger partial charge in [-0.15, -0.1) is 0 Å². The molecule has 0 spiro atoms. The van der Waals surface area contributed by atoms with Crippen molar-refractivity contribution in [2.24, 2.45) is 0 Å². The third-order valence-corrected chi connectivity index (χ3v) is 0. The molecule has 0 fully saturated rings. The molecule has 0 saturated carbocycles. The molecule has 0 aromatic rings. The second-order valence-electron chi connectivity index (χ2n) is 2.95. The third-order valence-electron chi connectivity index (χ3n) is 0. The van der Waals surface area contributed by atoms with Crippen LogP contribution in [-0.2, 0) is 54.7 Å². The molecule has 0 aromatic heterocycles. The minimum Gasteiger partial charge on any atom is -0.822 e. The van der Waals surface area contributed by atoms with E-state index in [1.165, 1.54) is 0 Å². The van der Waals surface area contributed by atoms with Crippen LogP contribution in [0.5, 0.6) is 0 Å². The Morgan fingerprint density at radius 3 is 0.344 bits per heavy atom. The zero-order valence-corrected chi connectivity index (χ0v) is 26.4. The van der Waals surface area contributed by atoms with Gasteiger partial charge < -0.3 is 97.2 Å². The van der Waals surface area contributed by atoms with Crippen molar-refractivity contribution in [2.45, 2.75) is 0 Å². The van der Waals surface area contributed by atoms with Gasteiger partial charge in [0.2, 0.25) is 0 Å². The molecule has 0 saturated heterocycles. The van der Waals surface area contributed by atoms with Crippen molar-refractivity contribution in [3.63, 3.8) is 0 Å². The first kappa shape index (κ1) is 55.0. The van der Waals surface area contributed by atoms with Crippen LogP contribution in [0.3, 0.4) is 0 Å². The van der Waals surface area contributed by atoms with Crippen LogP contribution < -0.4 is 29.4 Å². The fraction of sp³-hybridized carbons (Fsp3) is 0. The SMILES string of the molecule is O=P(O)(O)O.O=P(O)(O)O.O=P(O)(O)O.O=P(O)(O)O.O=P([O-])([O-])[O-].O=P([O-])([O-])[O-].[Cd+2].[Sn+4]. The van der Waals surface area contributed by atoms with E-state index in [4.69, 9.17) is 115 Å². The molecular formula is H12CdO24P6Sn. The Hall–Kier alpha value is 2.38. The predicted octanol–water partition coefficient (Wildman–Crippen LogP) is -9.75. The fourth-order valence-electron chi connectivity index (χ4n) is 0. The zero-order chi connectivity index (χ0) is 27.0. The van der Waals surface area contributed by atoms with E-state index in [9.17, 15) is 0 Å². The standard InChI is InChI=1S/Cd.6H3O4P.Sn/c;6*1-5(2,3)4;/h;6*(H3,1,2,3,4);/q+2;;;;;;;+4/p-6. The molecule has 0 rings (SSSR count). The zero-order valence-electron chi connectivity index (χ0n) is 14.2. The normalized spacial score (nSPS) is 11.1. The van der Waals surface area contributed by atoms with Gasteiger partial charge in [-0.2, -0.15) is 15.6 Å². The van der Waals surface area contributed by atoms with E-state index in [0.717, 1.165) is 0 Å². The molecule has 0 atom stereocenters. The summed E-state index contributed by atoms with van der Waals surface area (Å²) in [5, 5.41) is 0. The predicted molar refractivity (Wildman–Crippen MR) is 78.0 cm³/mol. The van der Waals surface area contributed by atoms with Crippen LogP contribution >= 0.6 is 46.9 Å². The van der Waals surface area contributed by atoms with Crippen molar-refractivity contribution < 1.29 is 143 Å². The van der Waals surface area contributed by atoms with Gasteiger partial charge in [-0.25, -0.2) is 18.3 Å². The first-order valence-electron chi connectivity index (χ1n) is 4.59. The Balaban J connectivity index is -0.0000000356. The largest absolute Gasteiger partial charge is 4.00 e. The maximum absolute atomic E-state index is 8.88. The molecule has 0 aromatic carbocycles. The summed E-state index contributed by atoms with van der Waals surface area (Å²) in [6.45, 7) is 0. The monoisotopic (exact) mass is 816 g/mol. The van der Waals surface area contributed by atoms with E-state index >= 15 is 0 Å². The minimum atomic E-state index is -5.39. The topological polar surface area (TPSA) is 484 Å². The second-order valence-corrected chi connectivity index (χ2v) is 8.84. The van der Waals surface area contributed by atoms with Crippen molar-refractivity contribution >= 4 is 70.8 Å². The summed E-state index contributed by atoms with van der Waals surface area (Å²) in [5.74, 6) is 0. The summed E-state index contributed by atoms with van der Waals surface area (Å²) in [6, 6.07) is 0. The van der Waals surface area contributed by atoms with Gasteiger partial charge in [0.15, 0.2) is 0 Å².